The second kappa shape index (κ2) is 2.12. The van der Waals surface area contributed by atoms with Crippen LogP contribution in [0.15, 0.2) is 18.2 Å². The highest BCUT2D eigenvalue weighted by Gasteiger charge is 2.00. The van der Waals surface area contributed by atoms with E-state index >= 15 is 0 Å². The molecule has 0 aliphatic carbocycles. The predicted octanol–water partition coefficient (Wildman–Crippen LogP) is 2.58. The normalized spacial score (nSPS) is 10.7. The van der Waals surface area contributed by atoms with Crippen LogP contribution in [0, 0.1) is 19.9 Å². The van der Waals surface area contributed by atoms with E-state index in [4.69, 9.17) is 0 Å². The fourth-order valence-corrected chi connectivity index (χ4v) is 1.33. The lowest BCUT2D eigenvalue weighted by Gasteiger charge is -1.87. The Balaban J connectivity index is 2.92. The van der Waals surface area contributed by atoms with Crippen LogP contribution in [0.3, 0.4) is 0 Å². The van der Waals surface area contributed by atoms with E-state index in [1.54, 1.807) is 0 Å². The summed E-state index contributed by atoms with van der Waals surface area (Å²) in [6.07, 6.45) is 0. The molecule has 11 heavy (non-hydrogen) atoms. The van der Waals surface area contributed by atoms with E-state index in [-0.39, 0.29) is 0 Å². The number of fused-ring (bicyclic) bond motifs is 1. The molecule has 1 nitrogen and oxygen atoms in total. The van der Waals surface area contributed by atoms with Crippen molar-refractivity contribution in [3.05, 3.63) is 35.5 Å². The zero-order valence-corrected chi connectivity index (χ0v) is 6.73. The Bertz CT molecular complexity index is 385. The molecule has 0 aliphatic rings. The molecule has 1 heterocycles. The summed E-state index contributed by atoms with van der Waals surface area (Å²) >= 11 is 0. The minimum atomic E-state index is 1.18. The zero-order chi connectivity index (χ0) is 7.84. The molecule has 1 radical (unpaired) electrons. The summed E-state index contributed by atoms with van der Waals surface area (Å²) in [6.45, 7) is 4.20. The van der Waals surface area contributed by atoms with Gasteiger partial charge in [0.2, 0.25) is 0 Å². The minimum absolute atomic E-state index is 1.18. The summed E-state index contributed by atoms with van der Waals surface area (Å²) in [5.74, 6) is 0. The Morgan fingerprint density at radius 2 is 2.18 bits per heavy atom. The van der Waals surface area contributed by atoms with Crippen molar-refractivity contribution >= 4 is 10.9 Å². The molecule has 55 valence electrons. The highest BCUT2D eigenvalue weighted by molar-refractivity contribution is 5.83. The first-order valence-electron chi connectivity index (χ1n) is 3.74. The topological polar surface area (TPSA) is 15.8 Å². The first kappa shape index (κ1) is 6.47. The molecule has 0 saturated carbocycles. The largest absolute Gasteiger partial charge is 0.358 e. The first-order valence-corrected chi connectivity index (χ1v) is 3.74. The van der Waals surface area contributed by atoms with Gasteiger partial charge >= 0.3 is 0 Å². The van der Waals surface area contributed by atoms with Gasteiger partial charge in [-0.2, -0.15) is 0 Å². The standard InChI is InChI=1S/C10H10N/c1-7-8(2)11-10-6-4-3-5-9(7)10/h3-4,6,11H,1-2H3. The number of hydrogen-bond donors (Lipinski definition) is 1. The lowest BCUT2D eigenvalue weighted by Crippen LogP contribution is -1.70. The van der Waals surface area contributed by atoms with Gasteiger partial charge < -0.3 is 4.98 Å². The number of aryl methyl sites for hydroxylation is 2. The molecule has 0 atom stereocenters. The number of benzene rings is 1. The van der Waals surface area contributed by atoms with Crippen molar-refractivity contribution < 1.29 is 0 Å². The summed E-state index contributed by atoms with van der Waals surface area (Å²) in [6, 6.07) is 9.23. The maximum absolute atomic E-state index is 3.30. The van der Waals surface area contributed by atoms with Gasteiger partial charge in [0, 0.05) is 16.6 Å². The van der Waals surface area contributed by atoms with E-state index in [0.717, 1.165) is 0 Å². The molecule has 0 bridgehead atoms. The smallest absolute Gasteiger partial charge is 0.0465 e. The van der Waals surface area contributed by atoms with Gasteiger partial charge in [-0.15, -0.1) is 0 Å². The monoisotopic (exact) mass is 144 g/mol. The van der Waals surface area contributed by atoms with Gasteiger partial charge in [-0.05, 0) is 31.5 Å². The van der Waals surface area contributed by atoms with Gasteiger partial charge in [-0.3, -0.25) is 0 Å². The van der Waals surface area contributed by atoms with Crippen LogP contribution in [-0.2, 0) is 0 Å². The number of H-pyrrole nitrogens is 1. The van der Waals surface area contributed by atoms with Crippen LogP contribution in [0.2, 0.25) is 0 Å². The molecule has 0 amide bonds. The number of aromatic amines is 1. The molecular formula is C10H10N. The van der Waals surface area contributed by atoms with Crippen molar-refractivity contribution in [3.63, 3.8) is 0 Å². The van der Waals surface area contributed by atoms with Crippen LogP contribution in [-0.4, -0.2) is 4.98 Å². The minimum Gasteiger partial charge on any atom is -0.358 e. The van der Waals surface area contributed by atoms with Gasteiger partial charge in [0.05, 0.1) is 0 Å². The molecule has 0 fully saturated rings. The van der Waals surface area contributed by atoms with Crippen LogP contribution < -0.4 is 0 Å². The van der Waals surface area contributed by atoms with Crippen molar-refractivity contribution in [2.45, 2.75) is 13.8 Å². The molecule has 1 N–H and O–H groups in total. The van der Waals surface area contributed by atoms with Gasteiger partial charge in [-0.1, -0.05) is 12.1 Å². The average molecular weight is 144 g/mol. The van der Waals surface area contributed by atoms with E-state index < -0.39 is 0 Å². The van der Waals surface area contributed by atoms with Crippen molar-refractivity contribution in [2.75, 3.05) is 0 Å². The molecule has 0 saturated heterocycles. The molecule has 0 aliphatic heterocycles. The van der Waals surface area contributed by atoms with E-state index in [9.17, 15) is 0 Å². The van der Waals surface area contributed by atoms with E-state index in [2.05, 4.69) is 31.0 Å². The van der Waals surface area contributed by atoms with E-state index in [1.807, 2.05) is 12.1 Å². The fraction of sp³-hybridized carbons (Fsp3) is 0.200. The van der Waals surface area contributed by atoms with Crippen LogP contribution in [0.25, 0.3) is 10.9 Å². The third-order valence-corrected chi connectivity index (χ3v) is 2.12. The van der Waals surface area contributed by atoms with Crippen LogP contribution >= 0.6 is 0 Å². The predicted molar refractivity (Wildman–Crippen MR) is 46.6 cm³/mol. The van der Waals surface area contributed by atoms with Crippen molar-refractivity contribution in [1.29, 1.82) is 0 Å². The molecule has 1 aromatic heterocycles. The highest BCUT2D eigenvalue weighted by atomic mass is 14.7. The van der Waals surface area contributed by atoms with Crippen molar-refractivity contribution in [1.82, 2.24) is 4.98 Å². The Morgan fingerprint density at radius 3 is 2.91 bits per heavy atom. The van der Waals surface area contributed by atoms with Crippen LogP contribution in [0.1, 0.15) is 11.3 Å². The summed E-state index contributed by atoms with van der Waals surface area (Å²) < 4.78 is 0. The van der Waals surface area contributed by atoms with Crippen molar-refractivity contribution in [3.8, 4) is 0 Å². The summed E-state index contributed by atoms with van der Waals surface area (Å²) in [4.78, 5) is 3.30. The summed E-state index contributed by atoms with van der Waals surface area (Å²) in [7, 11) is 0. The Morgan fingerprint density at radius 1 is 1.36 bits per heavy atom. The van der Waals surface area contributed by atoms with Gasteiger partial charge in [0.1, 0.15) is 0 Å². The molecule has 1 aromatic carbocycles. The molecule has 2 rings (SSSR count). The maximum atomic E-state index is 3.30. The highest BCUT2D eigenvalue weighted by Crippen LogP contribution is 2.19. The van der Waals surface area contributed by atoms with Crippen LogP contribution in [0.4, 0.5) is 0 Å². The Hall–Kier alpha value is -1.24. The number of nitrogens with one attached hydrogen (secondary N) is 1. The lowest BCUT2D eigenvalue weighted by molar-refractivity contribution is 1.25. The zero-order valence-electron chi connectivity index (χ0n) is 6.73. The molecule has 2 aromatic rings. The van der Waals surface area contributed by atoms with Crippen molar-refractivity contribution in [2.24, 2.45) is 0 Å². The van der Waals surface area contributed by atoms with Gasteiger partial charge in [0.25, 0.3) is 0 Å². The average Bonchev–Trinajstić information content (AvgIpc) is 2.30. The second-order valence-corrected chi connectivity index (χ2v) is 2.83. The molecule has 0 spiro atoms. The van der Waals surface area contributed by atoms with E-state index in [0.29, 0.717) is 0 Å². The lowest BCUT2D eigenvalue weighted by atomic mass is 10.2. The van der Waals surface area contributed by atoms with Gasteiger partial charge in [-0.25, -0.2) is 0 Å². The maximum Gasteiger partial charge on any atom is 0.0465 e. The van der Waals surface area contributed by atoms with Crippen LogP contribution in [0.5, 0.6) is 0 Å². The van der Waals surface area contributed by atoms with E-state index in [1.165, 1.54) is 22.2 Å². The Kier molecular flexibility index (Phi) is 1.25. The summed E-state index contributed by atoms with van der Waals surface area (Å²) in [5, 5.41) is 1.21. The number of hydrogen-bond acceptors (Lipinski definition) is 0. The Labute approximate surface area is 66.1 Å². The van der Waals surface area contributed by atoms with Gasteiger partial charge in [0.15, 0.2) is 0 Å². The SMILES string of the molecule is Cc1[nH]c2ccc[c]c2c1C. The quantitative estimate of drug-likeness (QED) is 0.585. The molecule has 1 heteroatoms. The number of aromatic nitrogens is 1. The third-order valence-electron chi connectivity index (χ3n) is 2.12. The summed E-state index contributed by atoms with van der Waals surface area (Å²) in [5.41, 5.74) is 3.73. The molecule has 0 unspecified atom stereocenters. The second-order valence-electron chi connectivity index (χ2n) is 2.83. The molecular weight excluding hydrogens is 134 g/mol. The first-order chi connectivity index (χ1) is 5.29. The third kappa shape index (κ3) is 0.845. The number of rotatable bonds is 0. The fourth-order valence-electron chi connectivity index (χ4n) is 1.33.